The minimum atomic E-state index is -0.779. The molecule has 2 aliphatic heterocycles. The van der Waals surface area contributed by atoms with Crippen molar-refractivity contribution in [2.24, 2.45) is 11.8 Å². The largest absolute Gasteiger partial charge is 0.481 e. The van der Waals surface area contributed by atoms with Gasteiger partial charge in [-0.1, -0.05) is 18.2 Å². The SMILES string of the molecule is O=C(O)CCCC#CC[C@@H]1[C@H](CNNC(=O)Nc2ccccc2)[C@@H]2CC[C@H]1O2. The molecule has 7 nitrogen and oxygen atoms in total. The summed E-state index contributed by atoms with van der Waals surface area (Å²) in [6.07, 6.45) is 4.67. The van der Waals surface area contributed by atoms with Gasteiger partial charge in [0.25, 0.3) is 0 Å². The third-order valence-electron chi connectivity index (χ3n) is 5.32. The third-order valence-corrected chi connectivity index (χ3v) is 5.32. The Kier molecular flexibility index (Phi) is 7.29. The Labute approximate surface area is 165 Å². The number of carboxylic acids is 1. The first-order valence-electron chi connectivity index (χ1n) is 9.81. The highest BCUT2D eigenvalue weighted by Gasteiger charge is 2.48. The van der Waals surface area contributed by atoms with Crippen molar-refractivity contribution in [1.82, 2.24) is 10.9 Å². The zero-order valence-corrected chi connectivity index (χ0v) is 15.8. The highest BCUT2D eigenvalue weighted by molar-refractivity contribution is 5.88. The lowest BCUT2D eigenvalue weighted by atomic mass is 9.77. The number of fused-ring (bicyclic) bond motifs is 2. The topological polar surface area (TPSA) is 99.7 Å². The van der Waals surface area contributed by atoms with Crippen LogP contribution in [0.3, 0.4) is 0 Å². The molecule has 0 radical (unpaired) electrons. The second-order valence-corrected chi connectivity index (χ2v) is 7.25. The highest BCUT2D eigenvalue weighted by atomic mass is 16.5. The summed E-state index contributed by atoms with van der Waals surface area (Å²) in [5.74, 6) is 6.15. The molecule has 0 saturated carbocycles. The Morgan fingerprint density at radius 2 is 1.86 bits per heavy atom. The van der Waals surface area contributed by atoms with Crippen LogP contribution in [0.4, 0.5) is 10.5 Å². The summed E-state index contributed by atoms with van der Waals surface area (Å²) in [6.45, 7) is 0.634. The Bertz CT molecular complexity index is 728. The molecule has 1 aromatic carbocycles. The summed E-state index contributed by atoms with van der Waals surface area (Å²) < 4.78 is 6.05. The molecule has 2 bridgehead atoms. The van der Waals surface area contributed by atoms with Crippen molar-refractivity contribution in [3.8, 4) is 11.8 Å². The molecule has 2 amide bonds. The van der Waals surface area contributed by atoms with E-state index in [1.165, 1.54) is 0 Å². The summed E-state index contributed by atoms with van der Waals surface area (Å²) in [6, 6.07) is 8.98. The number of hydrogen-bond donors (Lipinski definition) is 4. The monoisotopic (exact) mass is 385 g/mol. The van der Waals surface area contributed by atoms with Crippen LogP contribution < -0.4 is 16.2 Å². The number of aliphatic carboxylic acids is 1. The predicted octanol–water partition coefficient (Wildman–Crippen LogP) is 2.75. The number of unbranched alkanes of at least 4 members (excludes halogenated alkanes) is 1. The number of para-hydroxylation sites is 1. The van der Waals surface area contributed by atoms with E-state index in [1.54, 1.807) is 0 Å². The van der Waals surface area contributed by atoms with Gasteiger partial charge in [-0.2, -0.15) is 0 Å². The molecule has 0 aromatic heterocycles. The van der Waals surface area contributed by atoms with Crippen LogP contribution in [-0.2, 0) is 9.53 Å². The van der Waals surface area contributed by atoms with Gasteiger partial charge < -0.3 is 15.2 Å². The lowest BCUT2D eigenvalue weighted by Gasteiger charge is -2.26. The van der Waals surface area contributed by atoms with Crippen molar-refractivity contribution < 1.29 is 19.4 Å². The summed E-state index contributed by atoms with van der Waals surface area (Å²) in [5, 5.41) is 11.4. The Hall–Kier alpha value is -2.56. The molecule has 1 aromatic rings. The van der Waals surface area contributed by atoms with Crippen LogP contribution in [0, 0.1) is 23.7 Å². The number of ether oxygens (including phenoxy) is 1. The quantitative estimate of drug-likeness (QED) is 0.313. The van der Waals surface area contributed by atoms with Crippen LogP contribution in [0.5, 0.6) is 0 Å². The van der Waals surface area contributed by atoms with Gasteiger partial charge >= 0.3 is 12.0 Å². The molecule has 0 aliphatic carbocycles. The number of hydrazine groups is 1. The van der Waals surface area contributed by atoms with E-state index in [9.17, 15) is 9.59 Å². The lowest BCUT2D eigenvalue weighted by molar-refractivity contribution is -0.137. The molecule has 150 valence electrons. The van der Waals surface area contributed by atoms with Crippen LogP contribution in [0.2, 0.25) is 0 Å². The Balaban J connectivity index is 1.41. The predicted molar refractivity (Wildman–Crippen MR) is 105 cm³/mol. The van der Waals surface area contributed by atoms with E-state index in [2.05, 4.69) is 28.0 Å². The molecule has 4 N–H and O–H groups in total. The number of carboxylic acid groups (broad SMARTS) is 1. The number of anilines is 1. The first-order valence-corrected chi connectivity index (χ1v) is 9.81. The smallest absolute Gasteiger partial charge is 0.333 e. The summed E-state index contributed by atoms with van der Waals surface area (Å²) in [5.41, 5.74) is 6.45. The van der Waals surface area contributed by atoms with E-state index in [0.29, 0.717) is 31.2 Å². The van der Waals surface area contributed by atoms with Gasteiger partial charge in [0.2, 0.25) is 0 Å². The Morgan fingerprint density at radius 1 is 1.11 bits per heavy atom. The van der Waals surface area contributed by atoms with Crippen molar-refractivity contribution >= 4 is 17.7 Å². The van der Waals surface area contributed by atoms with Crippen molar-refractivity contribution in [2.75, 3.05) is 11.9 Å². The molecular weight excluding hydrogens is 358 g/mol. The number of carbonyl (C=O) groups is 2. The van der Waals surface area contributed by atoms with Gasteiger partial charge in [-0.05, 0) is 31.4 Å². The fourth-order valence-electron chi connectivity index (χ4n) is 3.98. The van der Waals surface area contributed by atoms with Crippen LogP contribution in [-0.4, -0.2) is 35.9 Å². The average Bonchev–Trinajstić information content (AvgIpc) is 3.27. The van der Waals surface area contributed by atoms with Crippen molar-refractivity contribution in [1.29, 1.82) is 0 Å². The number of carbonyl (C=O) groups excluding carboxylic acids is 1. The van der Waals surface area contributed by atoms with Crippen molar-refractivity contribution in [2.45, 2.75) is 50.7 Å². The summed E-state index contributed by atoms with van der Waals surface area (Å²) >= 11 is 0. The second kappa shape index (κ2) is 10.1. The molecule has 4 atom stereocenters. The maximum absolute atomic E-state index is 12.0. The van der Waals surface area contributed by atoms with Crippen LogP contribution >= 0.6 is 0 Å². The van der Waals surface area contributed by atoms with Gasteiger partial charge in [0.05, 0.1) is 12.2 Å². The standard InChI is InChI=1S/C21H27N3O4/c25-20(26)11-7-2-1-6-10-16-17(19-13-12-18(16)28-19)14-22-24-21(27)23-15-8-4-3-5-9-15/h3-5,8-9,16-19,22H,2,7,10-14H2,(H,25,26)(H2,23,24,27)/t16-,17+,18-,19+/m1/s1. The number of urea groups is 1. The first kappa shape index (κ1) is 20.2. The van der Waals surface area contributed by atoms with Gasteiger partial charge in [-0.3, -0.25) is 10.2 Å². The summed E-state index contributed by atoms with van der Waals surface area (Å²) in [4.78, 5) is 22.5. The van der Waals surface area contributed by atoms with E-state index < -0.39 is 5.97 Å². The molecule has 2 heterocycles. The zero-order chi connectivity index (χ0) is 19.8. The van der Waals surface area contributed by atoms with Gasteiger partial charge in [-0.15, -0.1) is 11.8 Å². The molecule has 2 fully saturated rings. The molecule has 0 spiro atoms. The molecule has 2 aliphatic rings. The van der Waals surface area contributed by atoms with Gasteiger partial charge in [0.1, 0.15) is 0 Å². The maximum Gasteiger partial charge on any atom is 0.333 e. The molecule has 28 heavy (non-hydrogen) atoms. The number of benzene rings is 1. The summed E-state index contributed by atoms with van der Waals surface area (Å²) in [7, 11) is 0. The fraction of sp³-hybridized carbons (Fsp3) is 0.524. The van der Waals surface area contributed by atoms with Gasteiger partial charge in [0.15, 0.2) is 0 Å². The van der Waals surface area contributed by atoms with Gasteiger partial charge in [0, 0.05) is 43.3 Å². The van der Waals surface area contributed by atoms with E-state index in [4.69, 9.17) is 9.84 Å². The van der Waals surface area contributed by atoms with E-state index in [1.807, 2.05) is 30.3 Å². The second-order valence-electron chi connectivity index (χ2n) is 7.25. The lowest BCUT2D eigenvalue weighted by Crippen LogP contribution is -2.45. The Morgan fingerprint density at radius 3 is 2.61 bits per heavy atom. The van der Waals surface area contributed by atoms with Crippen LogP contribution in [0.1, 0.15) is 38.5 Å². The van der Waals surface area contributed by atoms with Crippen molar-refractivity contribution in [3.63, 3.8) is 0 Å². The zero-order valence-electron chi connectivity index (χ0n) is 15.8. The number of amides is 2. The van der Waals surface area contributed by atoms with Crippen LogP contribution in [0.25, 0.3) is 0 Å². The van der Waals surface area contributed by atoms with Crippen molar-refractivity contribution in [3.05, 3.63) is 30.3 Å². The van der Waals surface area contributed by atoms with Crippen LogP contribution in [0.15, 0.2) is 30.3 Å². The molecule has 3 rings (SSSR count). The minimum Gasteiger partial charge on any atom is -0.481 e. The van der Waals surface area contributed by atoms with E-state index in [-0.39, 0.29) is 24.7 Å². The molecule has 0 unspecified atom stereocenters. The van der Waals surface area contributed by atoms with E-state index in [0.717, 1.165) is 24.9 Å². The van der Waals surface area contributed by atoms with Gasteiger partial charge in [-0.25, -0.2) is 10.2 Å². The first-order chi connectivity index (χ1) is 13.6. The minimum absolute atomic E-state index is 0.162. The highest BCUT2D eigenvalue weighted by Crippen LogP contribution is 2.44. The maximum atomic E-state index is 12.0. The molecule has 2 saturated heterocycles. The normalized spacial score (nSPS) is 25.0. The third kappa shape index (κ3) is 5.72. The van der Waals surface area contributed by atoms with E-state index >= 15 is 0 Å². The fourth-order valence-corrected chi connectivity index (χ4v) is 3.98. The molecule has 7 heteroatoms. The number of hydrogen-bond acceptors (Lipinski definition) is 4. The average molecular weight is 385 g/mol. The number of rotatable bonds is 8. The number of nitrogens with one attached hydrogen (secondary N) is 3. The molecular formula is C21H27N3O4.